The maximum atomic E-state index is 14.8. The number of aromatic hydroxyl groups is 1. The Morgan fingerprint density at radius 1 is 0.891 bits per heavy atom. The molecule has 0 radical (unpaired) electrons. The molecule has 4 aromatic rings. The number of hydrogen-bond donors (Lipinski definition) is 3. The molecule has 1 aliphatic carbocycles. The first-order valence-corrected chi connectivity index (χ1v) is 15.8. The van der Waals surface area contributed by atoms with E-state index >= 15 is 0 Å². The number of fused-ring (bicyclic) bond motifs is 1. The lowest BCUT2D eigenvalue weighted by Gasteiger charge is -2.43. The van der Waals surface area contributed by atoms with Gasteiger partial charge in [0.25, 0.3) is 5.91 Å². The van der Waals surface area contributed by atoms with Crippen LogP contribution in [0.25, 0.3) is 10.8 Å². The van der Waals surface area contributed by atoms with Crippen molar-refractivity contribution in [2.24, 2.45) is 0 Å². The summed E-state index contributed by atoms with van der Waals surface area (Å²) >= 11 is 0. The van der Waals surface area contributed by atoms with Gasteiger partial charge in [-0.2, -0.15) is 0 Å². The Bertz CT molecular complexity index is 1700. The standard InChI is InChI=1S/C38H43N3O5/c1-24-19-25(2)21-29(20-24)34(35(43)39-30-16-15-27-9-6-7-10-28(27)23-30)41(31-11-8-12-31)36(44)33(40-37(45)46-38(3,4)5)22-26-13-17-32(42)18-14-26/h6-7,9-10,13-21,23,31,33-34,42H,8,11-12,22H2,1-5H3,(H,39,43)(H,40,45). The number of alkyl carbamates (subject to hydrolysis) is 1. The van der Waals surface area contributed by atoms with E-state index in [9.17, 15) is 19.5 Å². The molecule has 1 aliphatic rings. The van der Waals surface area contributed by atoms with Crippen LogP contribution in [0.4, 0.5) is 10.5 Å². The predicted molar refractivity (Wildman–Crippen MR) is 181 cm³/mol. The van der Waals surface area contributed by atoms with Crippen LogP contribution in [-0.4, -0.2) is 45.6 Å². The number of anilines is 1. The third kappa shape index (κ3) is 8.05. The van der Waals surface area contributed by atoms with Gasteiger partial charge in [0.15, 0.2) is 0 Å². The van der Waals surface area contributed by atoms with Gasteiger partial charge in [0.1, 0.15) is 23.4 Å². The zero-order chi connectivity index (χ0) is 33.0. The number of nitrogens with one attached hydrogen (secondary N) is 2. The zero-order valence-electron chi connectivity index (χ0n) is 27.2. The minimum Gasteiger partial charge on any atom is -0.508 e. The summed E-state index contributed by atoms with van der Waals surface area (Å²) < 4.78 is 5.55. The maximum Gasteiger partial charge on any atom is 0.408 e. The summed E-state index contributed by atoms with van der Waals surface area (Å²) in [5.74, 6) is -0.606. The lowest BCUT2D eigenvalue weighted by Crippen LogP contribution is -2.57. The molecule has 3 N–H and O–H groups in total. The van der Waals surface area contributed by atoms with E-state index < -0.39 is 23.8 Å². The molecule has 0 bridgehead atoms. The second-order valence-corrected chi connectivity index (χ2v) is 13.3. The molecule has 1 fully saturated rings. The monoisotopic (exact) mass is 621 g/mol. The summed E-state index contributed by atoms with van der Waals surface area (Å²) in [7, 11) is 0. The highest BCUT2D eigenvalue weighted by Crippen LogP contribution is 2.35. The lowest BCUT2D eigenvalue weighted by atomic mass is 9.87. The van der Waals surface area contributed by atoms with E-state index in [1.54, 1.807) is 49.9 Å². The van der Waals surface area contributed by atoms with Crippen LogP contribution in [0.5, 0.6) is 5.75 Å². The first kappa shape index (κ1) is 32.5. The summed E-state index contributed by atoms with van der Waals surface area (Å²) in [5, 5.41) is 17.8. The molecule has 1 saturated carbocycles. The number of phenols is 1. The number of carbonyl (C=O) groups is 3. The highest BCUT2D eigenvalue weighted by molar-refractivity contribution is 6.00. The highest BCUT2D eigenvalue weighted by Gasteiger charge is 2.42. The molecule has 0 saturated heterocycles. The molecular weight excluding hydrogens is 578 g/mol. The van der Waals surface area contributed by atoms with Gasteiger partial charge in [-0.1, -0.05) is 71.8 Å². The van der Waals surface area contributed by atoms with E-state index in [0.717, 1.165) is 46.7 Å². The van der Waals surface area contributed by atoms with Crippen LogP contribution in [0.3, 0.4) is 0 Å². The SMILES string of the molecule is Cc1cc(C)cc(C(C(=O)Nc2ccc3ccccc3c2)N(C(=O)C(Cc2ccc(O)cc2)NC(=O)OC(C)(C)C)C2CCC2)c1. The normalized spacial score (nSPS) is 14.5. The van der Waals surface area contributed by atoms with Crippen LogP contribution in [0, 0.1) is 13.8 Å². The molecule has 0 heterocycles. The fraction of sp³-hybridized carbons (Fsp3) is 0.342. The van der Waals surface area contributed by atoms with Crippen molar-refractivity contribution < 1.29 is 24.2 Å². The van der Waals surface area contributed by atoms with E-state index in [0.29, 0.717) is 11.3 Å². The van der Waals surface area contributed by atoms with E-state index in [1.807, 2.05) is 74.5 Å². The van der Waals surface area contributed by atoms with Gasteiger partial charge in [-0.15, -0.1) is 0 Å². The lowest BCUT2D eigenvalue weighted by molar-refractivity contribution is -0.145. The largest absolute Gasteiger partial charge is 0.508 e. The Morgan fingerprint density at radius 2 is 1.54 bits per heavy atom. The second-order valence-electron chi connectivity index (χ2n) is 13.3. The van der Waals surface area contributed by atoms with Gasteiger partial charge in [-0.3, -0.25) is 9.59 Å². The third-order valence-corrected chi connectivity index (χ3v) is 8.19. The molecule has 8 nitrogen and oxygen atoms in total. The summed E-state index contributed by atoms with van der Waals surface area (Å²) in [6.07, 6.45) is 1.85. The quantitative estimate of drug-likeness (QED) is 0.181. The number of phenolic OH excluding ortho intramolecular Hbond substituents is 1. The topological polar surface area (TPSA) is 108 Å². The van der Waals surface area contributed by atoms with Crippen LogP contribution >= 0.6 is 0 Å². The average Bonchev–Trinajstić information content (AvgIpc) is 2.95. The van der Waals surface area contributed by atoms with Crippen molar-refractivity contribution in [2.75, 3.05) is 5.32 Å². The molecule has 0 aromatic heterocycles. The minimum absolute atomic E-state index is 0.100. The van der Waals surface area contributed by atoms with E-state index in [2.05, 4.69) is 10.6 Å². The van der Waals surface area contributed by atoms with Crippen molar-refractivity contribution >= 4 is 34.4 Å². The van der Waals surface area contributed by atoms with Crippen molar-refractivity contribution in [2.45, 2.75) is 84.0 Å². The van der Waals surface area contributed by atoms with Crippen molar-refractivity contribution in [1.82, 2.24) is 10.2 Å². The number of benzene rings is 4. The average molecular weight is 622 g/mol. The van der Waals surface area contributed by atoms with E-state index in [1.165, 1.54) is 0 Å². The first-order valence-electron chi connectivity index (χ1n) is 15.8. The maximum absolute atomic E-state index is 14.8. The first-order chi connectivity index (χ1) is 21.9. The van der Waals surface area contributed by atoms with Gasteiger partial charge in [0.2, 0.25) is 5.91 Å². The Morgan fingerprint density at radius 3 is 2.15 bits per heavy atom. The molecule has 2 atom stereocenters. The third-order valence-electron chi connectivity index (χ3n) is 8.19. The molecule has 4 aromatic carbocycles. The Kier molecular flexibility index (Phi) is 9.65. The fourth-order valence-corrected chi connectivity index (χ4v) is 5.96. The van der Waals surface area contributed by atoms with Crippen molar-refractivity contribution in [3.63, 3.8) is 0 Å². The summed E-state index contributed by atoms with van der Waals surface area (Å²) in [4.78, 5) is 44.0. The molecule has 3 amide bonds. The molecule has 5 rings (SSSR count). The Balaban J connectivity index is 1.55. The Labute approximate surface area is 270 Å². The number of carbonyl (C=O) groups excluding carboxylic acids is 3. The number of aryl methyl sites for hydroxylation is 2. The molecule has 0 spiro atoms. The molecule has 240 valence electrons. The summed E-state index contributed by atoms with van der Waals surface area (Å²) in [5.41, 5.74) is 3.26. The van der Waals surface area contributed by atoms with Crippen molar-refractivity contribution in [3.05, 3.63) is 107 Å². The Hall–Kier alpha value is -4.85. The molecule has 46 heavy (non-hydrogen) atoms. The summed E-state index contributed by atoms with van der Waals surface area (Å²) in [6.45, 7) is 9.23. The van der Waals surface area contributed by atoms with Crippen molar-refractivity contribution in [3.8, 4) is 5.75 Å². The van der Waals surface area contributed by atoms with Gasteiger partial charge in [-0.25, -0.2) is 4.79 Å². The van der Waals surface area contributed by atoms with E-state index in [4.69, 9.17) is 4.74 Å². The molecule has 2 unspecified atom stereocenters. The van der Waals surface area contributed by atoms with E-state index in [-0.39, 0.29) is 30.0 Å². The molecule has 8 heteroatoms. The minimum atomic E-state index is -1.03. The van der Waals surface area contributed by atoms with Gasteiger partial charge in [0.05, 0.1) is 0 Å². The second kappa shape index (κ2) is 13.6. The van der Waals surface area contributed by atoms with Gasteiger partial charge in [0, 0.05) is 18.2 Å². The molecule has 0 aliphatic heterocycles. The number of ether oxygens (including phenoxy) is 1. The highest BCUT2D eigenvalue weighted by atomic mass is 16.6. The van der Waals surface area contributed by atoms with Crippen LogP contribution in [0.15, 0.2) is 84.9 Å². The smallest absolute Gasteiger partial charge is 0.408 e. The van der Waals surface area contributed by atoms with Gasteiger partial charge < -0.3 is 25.4 Å². The fourth-order valence-electron chi connectivity index (χ4n) is 5.96. The predicted octanol–water partition coefficient (Wildman–Crippen LogP) is 7.36. The van der Waals surface area contributed by atoms with Crippen molar-refractivity contribution in [1.29, 1.82) is 0 Å². The number of hydrogen-bond acceptors (Lipinski definition) is 5. The van der Waals surface area contributed by atoms with Crippen LogP contribution in [-0.2, 0) is 20.7 Å². The van der Waals surface area contributed by atoms with Gasteiger partial charge in [-0.05, 0) is 100 Å². The number of rotatable bonds is 9. The number of amides is 3. The van der Waals surface area contributed by atoms with Crippen LogP contribution in [0.1, 0.15) is 68.3 Å². The number of nitrogens with zero attached hydrogens (tertiary/aromatic N) is 1. The summed E-state index contributed by atoms with van der Waals surface area (Å²) in [6, 6.07) is 24.0. The van der Waals surface area contributed by atoms with Gasteiger partial charge >= 0.3 is 6.09 Å². The molecular formula is C38H43N3O5. The van der Waals surface area contributed by atoms with Crippen LogP contribution in [0.2, 0.25) is 0 Å². The zero-order valence-corrected chi connectivity index (χ0v) is 27.2. The van der Waals surface area contributed by atoms with Crippen LogP contribution < -0.4 is 10.6 Å².